The highest BCUT2D eigenvalue weighted by atomic mass is 19.1. The van der Waals surface area contributed by atoms with Crippen LogP contribution in [0.4, 0.5) is 21.5 Å². The molecule has 0 fully saturated rings. The van der Waals surface area contributed by atoms with E-state index in [0.717, 1.165) is 22.5 Å². The van der Waals surface area contributed by atoms with Gasteiger partial charge in [-0.05, 0) is 54.1 Å². The summed E-state index contributed by atoms with van der Waals surface area (Å²) in [5.41, 5.74) is 4.49. The lowest BCUT2D eigenvalue weighted by Gasteiger charge is -2.10. The third kappa shape index (κ3) is 4.62. The van der Waals surface area contributed by atoms with Crippen LogP contribution in [0.15, 0.2) is 91.5 Å². The lowest BCUT2D eigenvalue weighted by atomic mass is 10.1. The Kier molecular flexibility index (Phi) is 5.25. The number of carbonyl (C=O) groups is 1. The maximum absolute atomic E-state index is 13.3. The number of rotatable bonds is 5. The van der Waals surface area contributed by atoms with Crippen molar-refractivity contribution in [1.82, 2.24) is 9.97 Å². The van der Waals surface area contributed by atoms with Gasteiger partial charge in [-0.1, -0.05) is 24.3 Å². The molecule has 3 aromatic carbocycles. The van der Waals surface area contributed by atoms with E-state index < -0.39 is 5.82 Å². The number of hydrogen-bond acceptors (Lipinski definition) is 4. The number of carbonyl (C=O) groups excluding carboxylic acids is 1. The van der Waals surface area contributed by atoms with Gasteiger partial charge in [-0.3, -0.25) is 4.79 Å². The molecular formula is C23H17FN4O. The Morgan fingerprint density at radius 3 is 2.24 bits per heavy atom. The first kappa shape index (κ1) is 18.3. The van der Waals surface area contributed by atoms with Crippen molar-refractivity contribution in [1.29, 1.82) is 0 Å². The highest BCUT2D eigenvalue weighted by molar-refractivity contribution is 6.04. The van der Waals surface area contributed by atoms with E-state index in [0.29, 0.717) is 11.3 Å². The van der Waals surface area contributed by atoms with Crippen LogP contribution in [-0.4, -0.2) is 15.9 Å². The molecule has 1 aromatic heterocycles. The molecule has 0 aliphatic heterocycles. The predicted molar refractivity (Wildman–Crippen MR) is 112 cm³/mol. The zero-order chi connectivity index (χ0) is 20.1. The van der Waals surface area contributed by atoms with Gasteiger partial charge in [0.1, 0.15) is 12.1 Å². The fraction of sp³-hybridized carbons (Fsp3) is 0. The van der Waals surface area contributed by atoms with Gasteiger partial charge in [-0.2, -0.15) is 0 Å². The van der Waals surface area contributed by atoms with Crippen LogP contribution in [0.2, 0.25) is 0 Å². The monoisotopic (exact) mass is 384 g/mol. The smallest absolute Gasteiger partial charge is 0.255 e. The van der Waals surface area contributed by atoms with Crippen molar-refractivity contribution in [3.8, 4) is 11.1 Å². The molecule has 1 amide bonds. The summed E-state index contributed by atoms with van der Waals surface area (Å²) in [7, 11) is 0. The largest absolute Gasteiger partial charge is 0.356 e. The van der Waals surface area contributed by atoms with E-state index in [2.05, 4.69) is 20.6 Å². The molecule has 0 atom stereocenters. The molecule has 0 aliphatic carbocycles. The van der Waals surface area contributed by atoms with E-state index >= 15 is 0 Å². The topological polar surface area (TPSA) is 66.9 Å². The third-order valence-electron chi connectivity index (χ3n) is 4.27. The first-order valence-corrected chi connectivity index (χ1v) is 8.97. The van der Waals surface area contributed by atoms with Crippen LogP contribution in [0.5, 0.6) is 0 Å². The summed E-state index contributed by atoms with van der Waals surface area (Å²) in [6.07, 6.45) is 5.02. The molecule has 1 heterocycles. The standard InChI is InChI=1S/C23H17FN4O/c24-19-4-2-6-22(12-19)28-23(29)17-3-1-5-21(11-17)27-20-9-7-16(8-10-20)18-13-25-15-26-14-18/h1-15,27H,(H,28,29). The molecule has 4 aromatic rings. The average Bonchev–Trinajstić information content (AvgIpc) is 2.75. The maximum Gasteiger partial charge on any atom is 0.255 e. The number of nitrogens with one attached hydrogen (secondary N) is 2. The third-order valence-corrected chi connectivity index (χ3v) is 4.27. The van der Waals surface area contributed by atoms with E-state index in [4.69, 9.17) is 0 Å². The van der Waals surface area contributed by atoms with E-state index in [-0.39, 0.29) is 5.91 Å². The van der Waals surface area contributed by atoms with Crippen molar-refractivity contribution < 1.29 is 9.18 Å². The number of anilines is 3. The average molecular weight is 384 g/mol. The normalized spacial score (nSPS) is 10.4. The van der Waals surface area contributed by atoms with Crippen molar-refractivity contribution in [2.24, 2.45) is 0 Å². The van der Waals surface area contributed by atoms with Gasteiger partial charge in [-0.15, -0.1) is 0 Å². The van der Waals surface area contributed by atoms with E-state index in [1.807, 2.05) is 30.3 Å². The quantitative estimate of drug-likeness (QED) is 0.491. The molecule has 0 saturated carbocycles. The van der Waals surface area contributed by atoms with Crippen LogP contribution in [0.1, 0.15) is 10.4 Å². The van der Waals surface area contributed by atoms with Crippen molar-refractivity contribution in [2.75, 3.05) is 10.6 Å². The molecule has 0 aliphatic rings. The van der Waals surface area contributed by atoms with E-state index in [1.165, 1.54) is 18.5 Å². The molecule has 2 N–H and O–H groups in total. The highest BCUT2D eigenvalue weighted by Gasteiger charge is 2.08. The molecule has 142 valence electrons. The summed E-state index contributed by atoms with van der Waals surface area (Å²) in [4.78, 5) is 20.5. The summed E-state index contributed by atoms with van der Waals surface area (Å²) in [5, 5.41) is 5.98. The maximum atomic E-state index is 13.3. The van der Waals surface area contributed by atoms with Gasteiger partial charge < -0.3 is 10.6 Å². The number of benzene rings is 3. The second kappa shape index (κ2) is 8.31. The summed E-state index contributed by atoms with van der Waals surface area (Å²) in [6, 6.07) is 20.8. The number of amides is 1. The summed E-state index contributed by atoms with van der Waals surface area (Å²) >= 11 is 0. The van der Waals surface area contributed by atoms with Crippen molar-refractivity contribution in [3.05, 3.63) is 103 Å². The summed E-state index contributed by atoms with van der Waals surface area (Å²) in [6.45, 7) is 0. The Bertz CT molecular complexity index is 1130. The Labute approximate surface area is 167 Å². The zero-order valence-corrected chi connectivity index (χ0v) is 15.3. The second-order valence-electron chi connectivity index (χ2n) is 6.37. The number of aromatic nitrogens is 2. The zero-order valence-electron chi connectivity index (χ0n) is 15.3. The molecule has 0 spiro atoms. The van der Waals surface area contributed by atoms with Crippen molar-refractivity contribution in [2.45, 2.75) is 0 Å². The predicted octanol–water partition coefficient (Wildman–Crippen LogP) is 5.28. The minimum atomic E-state index is -0.399. The van der Waals surface area contributed by atoms with Crippen LogP contribution >= 0.6 is 0 Å². The summed E-state index contributed by atoms with van der Waals surface area (Å²) in [5.74, 6) is -0.706. The molecule has 5 nitrogen and oxygen atoms in total. The second-order valence-corrected chi connectivity index (χ2v) is 6.37. The van der Waals surface area contributed by atoms with Gasteiger partial charge in [-0.25, -0.2) is 14.4 Å². The number of nitrogens with zero attached hydrogens (tertiary/aromatic N) is 2. The molecular weight excluding hydrogens is 367 g/mol. The van der Waals surface area contributed by atoms with E-state index in [9.17, 15) is 9.18 Å². The van der Waals surface area contributed by atoms with E-state index in [1.54, 1.807) is 42.7 Å². The van der Waals surface area contributed by atoms with Crippen molar-refractivity contribution >= 4 is 23.0 Å². The van der Waals surface area contributed by atoms with Gasteiger partial charge in [0.2, 0.25) is 0 Å². The molecule has 0 unspecified atom stereocenters. The number of halogens is 1. The van der Waals surface area contributed by atoms with Crippen LogP contribution in [0.3, 0.4) is 0 Å². The highest BCUT2D eigenvalue weighted by Crippen LogP contribution is 2.23. The van der Waals surface area contributed by atoms with Crippen molar-refractivity contribution in [3.63, 3.8) is 0 Å². The Hall–Kier alpha value is -4.06. The molecule has 0 saturated heterocycles. The van der Waals surface area contributed by atoms with Crippen LogP contribution in [-0.2, 0) is 0 Å². The van der Waals surface area contributed by atoms with Gasteiger partial charge in [0.25, 0.3) is 5.91 Å². The Morgan fingerprint density at radius 2 is 1.48 bits per heavy atom. The lowest BCUT2D eigenvalue weighted by Crippen LogP contribution is -2.12. The Morgan fingerprint density at radius 1 is 0.759 bits per heavy atom. The van der Waals surface area contributed by atoms with Gasteiger partial charge in [0.15, 0.2) is 0 Å². The molecule has 0 radical (unpaired) electrons. The molecule has 4 rings (SSSR count). The SMILES string of the molecule is O=C(Nc1cccc(F)c1)c1cccc(Nc2ccc(-c3cncnc3)cc2)c1. The fourth-order valence-electron chi connectivity index (χ4n) is 2.87. The first-order valence-electron chi connectivity index (χ1n) is 8.97. The molecule has 0 bridgehead atoms. The Balaban J connectivity index is 1.47. The van der Waals surface area contributed by atoms with Gasteiger partial charge >= 0.3 is 0 Å². The van der Waals surface area contributed by atoms with Crippen LogP contribution in [0, 0.1) is 5.82 Å². The van der Waals surface area contributed by atoms with Gasteiger partial charge in [0, 0.05) is 40.6 Å². The first-order chi connectivity index (χ1) is 14.2. The molecule has 6 heteroatoms. The lowest BCUT2D eigenvalue weighted by molar-refractivity contribution is 0.102. The minimum absolute atomic E-state index is 0.307. The van der Waals surface area contributed by atoms with Crippen LogP contribution in [0.25, 0.3) is 11.1 Å². The fourth-order valence-corrected chi connectivity index (χ4v) is 2.87. The molecule has 29 heavy (non-hydrogen) atoms. The van der Waals surface area contributed by atoms with Gasteiger partial charge in [0.05, 0.1) is 0 Å². The number of hydrogen-bond donors (Lipinski definition) is 2. The van der Waals surface area contributed by atoms with Crippen LogP contribution < -0.4 is 10.6 Å². The summed E-state index contributed by atoms with van der Waals surface area (Å²) < 4.78 is 13.3. The minimum Gasteiger partial charge on any atom is -0.356 e.